The van der Waals surface area contributed by atoms with E-state index in [1.54, 1.807) is 6.08 Å². The van der Waals surface area contributed by atoms with Crippen LogP contribution in [-0.2, 0) is 11.2 Å². The van der Waals surface area contributed by atoms with E-state index in [9.17, 15) is 9.59 Å². The highest BCUT2D eigenvalue weighted by Crippen LogP contribution is 2.32. The number of amides is 2. The van der Waals surface area contributed by atoms with Gasteiger partial charge in [0.15, 0.2) is 0 Å². The average Bonchev–Trinajstić information content (AvgIpc) is 2.82. The fraction of sp³-hybridized carbons (Fsp3) is 0.111. The van der Waals surface area contributed by atoms with E-state index in [2.05, 4.69) is 22.6 Å². The van der Waals surface area contributed by atoms with Crippen LogP contribution in [0.1, 0.15) is 11.1 Å². The Morgan fingerprint density at radius 1 is 1.00 bits per heavy atom. The molecule has 0 saturated carbocycles. The Hall–Kier alpha value is -1.60. The van der Waals surface area contributed by atoms with Crippen LogP contribution in [0.25, 0.3) is 6.08 Å². The highest BCUT2D eigenvalue weighted by Gasteiger charge is 2.34. The van der Waals surface area contributed by atoms with Crippen molar-refractivity contribution in [2.24, 2.45) is 0 Å². The quantitative estimate of drug-likeness (QED) is 0.522. The summed E-state index contributed by atoms with van der Waals surface area (Å²) in [7, 11) is 0. The molecule has 0 radical (unpaired) electrons. The molecular weight excluding hydrogens is 421 g/mol. The Balaban J connectivity index is 1.71. The lowest BCUT2D eigenvalue weighted by molar-refractivity contribution is -0.122. The number of benzene rings is 2. The van der Waals surface area contributed by atoms with Crippen LogP contribution in [0.15, 0.2) is 59.5 Å². The Bertz CT molecular complexity index is 756. The third-order valence-corrected chi connectivity index (χ3v) is 5.13. The van der Waals surface area contributed by atoms with E-state index in [0.717, 1.165) is 26.5 Å². The predicted molar refractivity (Wildman–Crippen MR) is 102 cm³/mol. The number of carbonyl (C=O) groups excluding carboxylic acids is 2. The standard InChI is InChI=1S/C18H14INO2S/c19-15-8-6-14(7-9-15)12-16-17(21)20(18(22)23-16)11-10-13-4-2-1-3-5-13/h1-9,12H,10-11H2/b16-12-. The zero-order chi connectivity index (χ0) is 16.2. The molecule has 2 aromatic carbocycles. The van der Waals surface area contributed by atoms with Crippen molar-refractivity contribution in [2.75, 3.05) is 6.54 Å². The molecule has 3 rings (SSSR count). The summed E-state index contributed by atoms with van der Waals surface area (Å²) in [5.41, 5.74) is 2.05. The number of carbonyl (C=O) groups is 2. The van der Waals surface area contributed by atoms with Crippen molar-refractivity contribution in [3.63, 3.8) is 0 Å². The molecule has 0 aromatic heterocycles. The smallest absolute Gasteiger partial charge is 0.268 e. The molecule has 0 atom stereocenters. The molecule has 2 aromatic rings. The first-order valence-corrected chi connectivity index (χ1v) is 9.08. The van der Waals surface area contributed by atoms with Crippen molar-refractivity contribution < 1.29 is 9.59 Å². The van der Waals surface area contributed by atoms with Gasteiger partial charge in [-0.1, -0.05) is 42.5 Å². The lowest BCUT2D eigenvalue weighted by Gasteiger charge is -2.12. The second-order valence-corrected chi connectivity index (χ2v) is 7.36. The lowest BCUT2D eigenvalue weighted by Crippen LogP contribution is -2.30. The molecule has 2 amide bonds. The summed E-state index contributed by atoms with van der Waals surface area (Å²) in [5, 5.41) is -0.192. The van der Waals surface area contributed by atoms with E-state index in [1.807, 2.05) is 54.6 Å². The topological polar surface area (TPSA) is 37.4 Å². The fourth-order valence-electron chi connectivity index (χ4n) is 2.29. The average molecular weight is 435 g/mol. The van der Waals surface area contributed by atoms with Crippen molar-refractivity contribution in [3.8, 4) is 0 Å². The molecule has 3 nitrogen and oxygen atoms in total. The maximum Gasteiger partial charge on any atom is 0.293 e. The number of halogens is 1. The lowest BCUT2D eigenvalue weighted by atomic mass is 10.1. The van der Waals surface area contributed by atoms with Crippen molar-refractivity contribution in [3.05, 3.63) is 74.2 Å². The molecule has 1 saturated heterocycles. The van der Waals surface area contributed by atoms with Crippen LogP contribution >= 0.6 is 34.4 Å². The fourth-order valence-corrected chi connectivity index (χ4v) is 3.51. The van der Waals surface area contributed by atoms with Gasteiger partial charge >= 0.3 is 0 Å². The summed E-state index contributed by atoms with van der Waals surface area (Å²) < 4.78 is 1.13. The monoisotopic (exact) mass is 435 g/mol. The molecule has 23 heavy (non-hydrogen) atoms. The zero-order valence-corrected chi connectivity index (χ0v) is 15.2. The molecule has 0 unspecified atom stereocenters. The van der Waals surface area contributed by atoms with Gasteiger partial charge in [0.05, 0.1) is 4.91 Å². The van der Waals surface area contributed by atoms with E-state index in [0.29, 0.717) is 17.9 Å². The summed E-state index contributed by atoms with van der Waals surface area (Å²) >= 11 is 3.25. The summed E-state index contributed by atoms with van der Waals surface area (Å²) in [6.45, 7) is 0.415. The van der Waals surface area contributed by atoms with Gasteiger partial charge < -0.3 is 0 Å². The molecule has 1 fully saturated rings. The third kappa shape index (κ3) is 4.03. The van der Waals surface area contributed by atoms with Crippen molar-refractivity contribution >= 4 is 51.6 Å². The highest BCUT2D eigenvalue weighted by atomic mass is 127. The van der Waals surface area contributed by atoms with Gasteiger partial charge in [-0.2, -0.15) is 0 Å². The van der Waals surface area contributed by atoms with Gasteiger partial charge in [0.1, 0.15) is 0 Å². The Morgan fingerprint density at radius 3 is 2.39 bits per heavy atom. The molecule has 1 aliphatic heterocycles. The van der Waals surface area contributed by atoms with Crippen LogP contribution in [0, 0.1) is 3.57 Å². The highest BCUT2D eigenvalue weighted by molar-refractivity contribution is 14.1. The summed E-state index contributed by atoms with van der Waals surface area (Å²) in [6.07, 6.45) is 2.46. The molecular formula is C18H14INO2S. The molecule has 0 bridgehead atoms. The first-order valence-electron chi connectivity index (χ1n) is 7.18. The third-order valence-electron chi connectivity index (χ3n) is 3.51. The number of hydrogen-bond acceptors (Lipinski definition) is 3. The van der Waals surface area contributed by atoms with E-state index >= 15 is 0 Å². The number of imide groups is 1. The van der Waals surface area contributed by atoms with Gasteiger partial charge in [-0.15, -0.1) is 0 Å². The number of thioether (sulfide) groups is 1. The minimum absolute atomic E-state index is 0.192. The second-order valence-electron chi connectivity index (χ2n) is 5.12. The van der Waals surface area contributed by atoms with Crippen LogP contribution in [-0.4, -0.2) is 22.6 Å². The van der Waals surface area contributed by atoms with Gasteiger partial charge in [-0.25, -0.2) is 0 Å². The van der Waals surface area contributed by atoms with Crippen molar-refractivity contribution in [1.82, 2.24) is 4.90 Å². The molecule has 1 heterocycles. The summed E-state index contributed by atoms with van der Waals surface area (Å²) in [5.74, 6) is -0.200. The Morgan fingerprint density at radius 2 is 1.70 bits per heavy atom. The maximum atomic E-state index is 12.4. The van der Waals surface area contributed by atoms with E-state index in [4.69, 9.17) is 0 Å². The Kier molecular flexibility index (Phi) is 5.17. The molecule has 1 aliphatic rings. The van der Waals surface area contributed by atoms with Crippen molar-refractivity contribution in [2.45, 2.75) is 6.42 Å². The second kappa shape index (κ2) is 7.31. The van der Waals surface area contributed by atoms with Crippen LogP contribution in [0.4, 0.5) is 4.79 Å². The van der Waals surface area contributed by atoms with Crippen LogP contribution in [0.2, 0.25) is 0 Å². The van der Waals surface area contributed by atoms with Crippen molar-refractivity contribution in [1.29, 1.82) is 0 Å². The first kappa shape index (κ1) is 16.3. The van der Waals surface area contributed by atoms with E-state index in [1.165, 1.54) is 4.90 Å². The molecule has 0 spiro atoms. The predicted octanol–water partition coefficient (Wildman–Crippen LogP) is 4.57. The normalized spacial score (nSPS) is 16.4. The Labute approximate surface area is 152 Å². The molecule has 0 N–H and O–H groups in total. The number of hydrogen-bond donors (Lipinski definition) is 0. The van der Waals surface area contributed by atoms with Crippen LogP contribution in [0.3, 0.4) is 0 Å². The maximum absolute atomic E-state index is 12.4. The van der Waals surface area contributed by atoms with E-state index in [-0.39, 0.29) is 11.1 Å². The molecule has 0 aliphatic carbocycles. The van der Waals surface area contributed by atoms with E-state index < -0.39 is 0 Å². The van der Waals surface area contributed by atoms with Crippen LogP contribution in [0.5, 0.6) is 0 Å². The van der Waals surface area contributed by atoms with Gasteiger partial charge in [0, 0.05) is 10.1 Å². The first-order chi connectivity index (χ1) is 11.1. The number of rotatable bonds is 4. The SMILES string of the molecule is O=C1S/C(=C\c2ccc(I)cc2)C(=O)N1CCc1ccccc1. The minimum atomic E-state index is -0.200. The largest absolute Gasteiger partial charge is 0.293 e. The minimum Gasteiger partial charge on any atom is -0.268 e. The van der Waals surface area contributed by atoms with Crippen LogP contribution < -0.4 is 0 Å². The summed E-state index contributed by atoms with van der Waals surface area (Å²) in [6, 6.07) is 17.7. The van der Waals surface area contributed by atoms with Gasteiger partial charge in [0.2, 0.25) is 0 Å². The number of nitrogens with zero attached hydrogens (tertiary/aromatic N) is 1. The zero-order valence-electron chi connectivity index (χ0n) is 12.2. The van der Waals surface area contributed by atoms with Gasteiger partial charge in [0.25, 0.3) is 11.1 Å². The molecule has 5 heteroatoms. The van der Waals surface area contributed by atoms with Gasteiger partial charge in [-0.05, 0) is 70.1 Å². The van der Waals surface area contributed by atoms with Gasteiger partial charge in [-0.3, -0.25) is 14.5 Å². The summed E-state index contributed by atoms with van der Waals surface area (Å²) in [4.78, 5) is 26.3. The molecule has 116 valence electrons.